The van der Waals surface area contributed by atoms with Gasteiger partial charge in [0, 0.05) is 6.54 Å². The Morgan fingerprint density at radius 1 is 1.08 bits per heavy atom. The van der Waals surface area contributed by atoms with E-state index in [1.54, 1.807) is 7.11 Å². The summed E-state index contributed by atoms with van der Waals surface area (Å²) in [7, 11) is 1.60. The molecule has 0 spiro atoms. The molecule has 1 amide bonds. The Morgan fingerprint density at radius 2 is 1.84 bits per heavy atom. The number of nitrogens with one attached hydrogen (secondary N) is 1. The Kier molecular flexibility index (Phi) is 6.69. The van der Waals surface area contributed by atoms with Crippen molar-refractivity contribution in [1.82, 2.24) is 5.32 Å². The molecule has 0 bridgehead atoms. The van der Waals surface area contributed by atoms with Gasteiger partial charge in [-0.15, -0.1) is 0 Å². The van der Waals surface area contributed by atoms with Gasteiger partial charge in [-0.3, -0.25) is 4.79 Å². The maximum absolute atomic E-state index is 12.0. The predicted molar refractivity (Wildman–Crippen MR) is 97.3 cm³/mol. The molecule has 0 heterocycles. The quantitative estimate of drug-likeness (QED) is 0.797. The molecule has 2 aromatic carbocycles. The summed E-state index contributed by atoms with van der Waals surface area (Å²) in [6, 6.07) is 13.2. The highest BCUT2D eigenvalue weighted by Gasteiger charge is 2.09. The van der Waals surface area contributed by atoms with Crippen molar-refractivity contribution in [2.24, 2.45) is 0 Å². The smallest absolute Gasteiger partial charge is 0.258 e. The molecule has 25 heavy (non-hydrogen) atoms. The molecule has 5 heteroatoms. The van der Waals surface area contributed by atoms with Crippen LogP contribution in [0.5, 0.6) is 17.2 Å². The Bertz CT molecular complexity index is 713. The van der Waals surface area contributed by atoms with Crippen molar-refractivity contribution < 1.29 is 19.0 Å². The van der Waals surface area contributed by atoms with E-state index < -0.39 is 0 Å². The van der Waals surface area contributed by atoms with Gasteiger partial charge in [-0.05, 0) is 50.1 Å². The third kappa shape index (κ3) is 5.71. The number of hydrogen-bond acceptors (Lipinski definition) is 4. The molecule has 0 aromatic heterocycles. The van der Waals surface area contributed by atoms with Crippen LogP contribution < -0.4 is 19.5 Å². The SMILES string of the molecule is COc1cc(CNC(=O)COc2ccccc2C)ccc1OC(C)C. The second kappa shape index (κ2) is 8.97. The normalized spacial score (nSPS) is 10.4. The van der Waals surface area contributed by atoms with Gasteiger partial charge in [0.05, 0.1) is 13.2 Å². The Hall–Kier alpha value is -2.69. The van der Waals surface area contributed by atoms with E-state index in [1.807, 2.05) is 63.2 Å². The number of methoxy groups -OCH3 is 1. The zero-order chi connectivity index (χ0) is 18.2. The summed E-state index contributed by atoms with van der Waals surface area (Å²) < 4.78 is 16.6. The number of aryl methyl sites for hydroxylation is 1. The molecule has 0 aliphatic carbocycles. The average molecular weight is 343 g/mol. The van der Waals surface area contributed by atoms with Gasteiger partial charge in [0.1, 0.15) is 5.75 Å². The third-order valence-electron chi connectivity index (χ3n) is 3.53. The van der Waals surface area contributed by atoms with Crippen LogP contribution in [-0.4, -0.2) is 25.7 Å². The number of carbonyl (C=O) groups excluding carboxylic acids is 1. The summed E-state index contributed by atoms with van der Waals surface area (Å²) >= 11 is 0. The molecule has 5 nitrogen and oxygen atoms in total. The molecule has 2 rings (SSSR count). The fourth-order valence-electron chi connectivity index (χ4n) is 2.29. The molecule has 134 valence electrons. The fraction of sp³-hybridized carbons (Fsp3) is 0.350. The van der Waals surface area contributed by atoms with Gasteiger partial charge in [-0.1, -0.05) is 24.3 Å². The lowest BCUT2D eigenvalue weighted by molar-refractivity contribution is -0.123. The van der Waals surface area contributed by atoms with Crippen LogP contribution in [0.3, 0.4) is 0 Å². The van der Waals surface area contributed by atoms with Crippen LogP contribution >= 0.6 is 0 Å². The maximum atomic E-state index is 12.0. The fourth-order valence-corrected chi connectivity index (χ4v) is 2.29. The number of benzene rings is 2. The van der Waals surface area contributed by atoms with Crippen molar-refractivity contribution in [1.29, 1.82) is 0 Å². The molecular formula is C20H25NO4. The third-order valence-corrected chi connectivity index (χ3v) is 3.53. The van der Waals surface area contributed by atoms with Gasteiger partial charge in [0.2, 0.25) is 0 Å². The van der Waals surface area contributed by atoms with Crippen molar-refractivity contribution in [2.75, 3.05) is 13.7 Å². The van der Waals surface area contributed by atoms with Crippen molar-refractivity contribution in [2.45, 2.75) is 33.4 Å². The number of carbonyl (C=O) groups is 1. The van der Waals surface area contributed by atoms with E-state index in [9.17, 15) is 4.79 Å². The minimum Gasteiger partial charge on any atom is -0.493 e. The van der Waals surface area contributed by atoms with E-state index in [4.69, 9.17) is 14.2 Å². The molecular weight excluding hydrogens is 318 g/mol. The Labute approximate surface area is 148 Å². The van der Waals surface area contributed by atoms with Gasteiger partial charge in [0.15, 0.2) is 18.1 Å². The van der Waals surface area contributed by atoms with E-state index in [0.717, 1.165) is 16.9 Å². The largest absolute Gasteiger partial charge is 0.493 e. The standard InChI is InChI=1S/C20H25NO4/c1-14(2)25-18-10-9-16(11-19(18)23-4)12-21-20(22)13-24-17-8-6-5-7-15(17)3/h5-11,14H,12-13H2,1-4H3,(H,21,22). The summed E-state index contributed by atoms with van der Waals surface area (Å²) in [6.45, 7) is 6.25. The Balaban J connectivity index is 1.88. The van der Waals surface area contributed by atoms with Crippen LogP contribution in [0.15, 0.2) is 42.5 Å². The summed E-state index contributed by atoms with van der Waals surface area (Å²) in [5.41, 5.74) is 1.93. The zero-order valence-electron chi connectivity index (χ0n) is 15.2. The second-order valence-electron chi connectivity index (χ2n) is 5.98. The zero-order valence-corrected chi connectivity index (χ0v) is 15.2. The molecule has 0 atom stereocenters. The molecule has 0 fully saturated rings. The van der Waals surface area contributed by atoms with E-state index in [-0.39, 0.29) is 18.6 Å². The number of ether oxygens (including phenoxy) is 3. The van der Waals surface area contributed by atoms with E-state index >= 15 is 0 Å². The molecule has 0 unspecified atom stereocenters. The molecule has 0 saturated heterocycles. The minimum absolute atomic E-state index is 0.0173. The molecule has 0 aliphatic heterocycles. The van der Waals surface area contributed by atoms with Gasteiger partial charge < -0.3 is 19.5 Å². The van der Waals surface area contributed by atoms with Gasteiger partial charge in [-0.25, -0.2) is 0 Å². The summed E-state index contributed by atoms with van der Waals surface area (Å²) in [5.74, 6) is 1.88. The maximum Gasteiger partial charge on any atom is 0.258 e. The van der Waals surface area contributed by atoms with E-state index in [0.29, 0.717) is 18.0 Å². The first-order chi connectivity index (χ1) is 12.0. The highest BCUT2D eigenvalue weighted by atomic mass is 16.5. The highest BCUT2D eigenvalue weighted by molar-refractivity contribution is 5.77. The number of amides is 1. The first-order valence-corrected chi connectivity index (χ1v) is 8.28. The van der Waals surface area contributed by atoms with Gasteiger partial charge in [0.25, 0.3) is 5.91 Å². The molecule has 2 aromatic rings. The van der Waals surface area contributed by atoms with E-state index in [1.165, 1.54) is 0 Å². The van der Waals surface area contributed by atoms with Crippen LogP contribution in [0.25, 0.3) is 0 Å². The number of para-hydroxylation sites is 1. The topological polar surface area (TPSA) is 56.8 Å². The highest BCUT2D eigenvalue weighted by Crippen LogP contribution is 2.28. The van der Waals surface area contributed by atoms with Crippen molar-refractivity contribution in [3.8, 4) is 17.2 Å². The molecule has 0 radical (unpaired) electrons. The Morgan fingerprint density at radius 3 is 2.52 bits per heavy atom. The minimum atomic E-state index is -0.176. The van der Waals surface area contributed by atoms with Crippen molar-refractivity contribution in [3.05, 3.63) is 53.6 Å². The summed E-state index contributed by atoms with van der Waals surface area (Å²) in [4.78, 5) is 12.0. The van der Waals surface area contributed by atoms with Crippen LogP contribution in [0, 0.1) is 6.92 Å². The van der Waals surface area contributed by atoms with Gasteiger partial charge >= 0.3 is 0 Å². The van der Waals surface area contributed by atoms with Crippen LogP contribution in [0.4, 0.5) is 0 Å². The molecule has 1 N–H and O–H groups in total. The lowest BCUT2D eigenvalue weighted by Crippen LogP contribution is -2.28. The lowest BCUT2D eigenvalue weighted by Gasteiger charge is -2.15. The number of rotatable bonds is 8. The average Bonchev–Trinajstić information content (AvgIpc) is 2.59. The van der Waals surface area contributed by atoms with Crippen LogP contribution in [0.2, 0.25) is 0 Å². The van der Waals surface area contributed by atoms with Gasteiger partial charge in [-0.2, -0.15) is 0 Å². The van der Waals surface area contributed by atoms with E-state index in [2.05, 4.69) is 5.32 Å². The van der Waals surface area contributed by atoms with Crippen LogP contribution in [0.1, 0.15) is 25.0 Å². The second-order valence-corrected chi connectivity index (χ2v) is 5.98. The van der Waals surface area contributed by atoms with Crippen molar-refractivity contribution >= 4 is 5.91 Å². The predicted octanol–water partition coefficient (Wildman–Crippen LogP) is 3.49. The molecule has 0 saturated carbocycles. The summed E-state index contributed by atoms with van der Waals surface area (Å²) in [5, 5.41) is 2.84. The van der Waals surface area contributed by atoms with Crippen LogP contribution in [-0.2, 0) is 11.3 Å². The van der Waals surface area contributed by atoms with Crippen molar-refractivity contribution in [3.63, 3.8) is 0 Å². The monoisotopic (exact) mass is 343 g/mol. The number of hydrogen-bond donors (Lipinski definition) is 1. The summed E-state index contributed by atoms with van der Waals surface area (Å²) in [6.07, 6.45) is 0.0676. The first-order valence-electron chi connectivity index (χ1n) is 8.28. The molecule has 0 aliphatic rings. The first kappa shape index (κ1) is 18.6. The lowest BCUT2D eigenvalue weighted by atomic mass is 10.2.